The monoisotopic (exact) mass is 288 g/mol. The molecule has 0 amide bonds. The Bertz CT molecular complexity index is 796. The number of hydrogen-bond acceptors (Lipinski definition) is 4. The third-order valence-corrected chi connectivity index (χ3v) is 3.50. The molecule has 102 valence electrons. The number of rotatable bonds is 2. The minimum absolute atomic E-state index is 0.444. The first-order valence-electron chi connectivity index (χ1n) is 6.09. The van der Waals surface area contributed by atoms with Crippen molar-refractivity contribution in [2.45, 2.75) is 6.92 Å². The second kappa shape index (κ2) is 4.72. The van der Waals surface area contributed by atoms with Gasteiger partial charge in [-0.25, -0.2) is 4.98 Å². The maximum absolute atomic E-state index is 6.07. The molecule has 5 heteroatoms. The van der Waals surface area contributed by atoms with E-state index in [0.717, 1.165) is 16.7 Å². The molecule has 3 rings (SSSR count). The topological polar surface area (TPSA) is 61.3 Å². The van der Waals surface area contributed by atoms with Crippen molar-refractivity contribution in [2.24, 2.45) is 0 Å². The van der Waals surface area contributed by atoms with Crippen molar-refractivity contribution in [3.8, 4) is 17.2 Å². The first kappa shape index (κ1) is 12.8. The van der Waals surface area contributed by atoms with Crippen molar-refractivity contribution in [2.75, 3.05) is 12.8 Å². The molecule has 0 atom stereocenters. The number of aromatic nitrogens is 1. The Hall–Kier alpha value is -2.20. The minimum atomic E-state index is 0.444. The van der Waals surface area contributed by atoms with Crippen molar-refractivity contribution >= 4 is 28.4 Å². The van der Waals surface area contributed by atoms with E-state index in [-0.39, 0.29) is 0 Å². The van der Waals surface area contributed by atoms with E-state index in [1.54, 1.807) is 19.2 Å². The lowest BCUT2D eigenvalue weighted by atomic mass is 10.2. The summed E-state index contributed by atoms with van der Waals surface area (Å²) in [5, 5.41) is 0.444. The number of aryl methyl sites for hydroxylation is 1. The predicted octanol–water partition coefficient (Wildman–Crippen LogP) is 4.05. The highest BCUT2D eigenvalue weighted by Gasteiger charge is 2.16. The van der Waals surface area contributed by atoms with Crippen molar-refractivity contribution in [3.05, 3.63) is 40.9 Å². The van der Waals surface area contributed by atoms with Crippen LogP contribution in [0.5, 0.6) is 5.75 Å². The third-order valence-electron chi connectivity index (χ3n) is 3.17. The highest BCUT2D eigenvalue weighted by molar-refractivity contribution is 6.33. The number of nitrogens with zero attached hydrogens (tertiary/aromatic N) is 1. The summed E-state index contributed by atoms with van der Waals surface area (Å²) < 4.78 is 11.1. The molecule has 3 aromatic rings. The zero-order valence-electron chi connectivity index (χ0n) is 11.1. The number of nitrogen functional groups attached to an aromatic ring is 1. The highest BCUT2D eigenvalue weighted by Crippen LogP contribution is 2.37. The fourth-order valence-corrected chi connectivity index (χ4v) is 2.27. The molecular weight excluding hydrogens is 276 g/mol. The van der Waals surface area contributed by atoms with Gasteiger partial charge in [0.25, 0.3) is 0 Å². The quantitative estimate of drug-likeness (QED) is 0.723. The Morgan fingerprint density at radius 3 is 2.80 bits per heavy atom. The van der Waals surface area contributed by atoms with E-state index in [2.05, 4.69) is 4.98 Å². The third kappa shape index (κ3) is 1.98. The van der Waals surface area contributed by atoms with Gasteiger partial charge in [-0.05, 0) is 24.6 Å². The number of fused-ring (bicyclic) bond motifs is 1. The lowest BCUT2D eigenvalue weighted by Gasteiger charge is -2.07. The summed E-state index contributed by atoms with van der Waals surface area (Å²) in [5.74, 6) is 1.05. The van der Waals surface area contributed by atoms with Gasteiger partial charge in [0, 0.05) is 6.07 Å². The Morgan fingerprint density at radius 1 is 1.30 bits per heavy atom. The van der Waals surface area contributed by atoms with E-state index in [9.17, 15) is 0 Å². The van der Waals surface area contributed by atoms with Crippen molar-refractivity contribution in [3.63, 3.8) is 0 Å². The molecule has 0 spiro atoms. The molecule has 0 aliphatic rings. The Labute approximate surface area is 121 Å². The van der Waals surface area contributed by atoms with Gasteiger partial charge in [-0.2, -0.15) is 0 Å². The van der Waals surface area contributed by atoms with Gasteiger partial charge in [-0.15, -0.1) is 0 Å². The number of hydrogen-bond donors (Lipinski definition) is 1. The molecule has 1 heterocycles. The Balaban J connectivity index is 2.25. The summed E-state index contributed by atoms with van der Waals surface area (Å²) >= 11 is 6.07. The highest BCUT2D eigenvalue weighted by atomic mass is 35.5. The van der Waals surface area contributed by atoms with Crippen LogP contribution < -0.4 is 10.5 Å². The molecular formula is C15H13ClN2O2. The number of oxazole rings is 1. The maximum atomic E-state index is 6.07. The molecule has 0 radical (unpaired) electrons. The molecule has 0 bridgehead atoms. The van der Waals surface area contributed by atoms with E-state index in [1.165, 1.54) is 0 Å². The van der Waals surface area contributed by atoms with Gasteiger partial charge in [0.15, 0.2) is 5.58 Å². The van der Waals surface area contributed by atoms with E-state index in [4.69, 9.17) is 26.5 Å². The molecule has 0 unspecified atom stereocenters. The van der Waals surface area contributed by atoms with Crippen LogP contribution in [0.3, 0.4) is 0 Å². The summed E-state index contributed by atoms with van der Waals surface area (Å²) in [6.45, 7) is 1.99. The van der Waals surface area contributed by atoms with Crippen LogP contribution in [0, 0.1) is 6.92 Å². The summed E-state index contributed by atoms with van der Waals surface area (Å²) in [5.41, 5.74) is 9.54. The standard InChI is InChI=1S/C15H13ClN2O2/c1-8-4-3-5-12-14(8)18-15(20-12)9-6-10(16)11(17)7-13(9)19-2/h3-7H,17H2,1-2H3. The van der Waals surface area contributed by atoms with Gasteiger partial charge in [0.2, 0.25) is 5.89 Å². The second-order valence-electron chi connectivity index (χ2n) is 4.51. The number of halogens is 1. The number of para-hydroxylation sites is 1. The molecule has 0 saturated carbocycles. The zero-order chi connectivity index (χ0) is 14.3. The van der Waals surface area contributed by atoms with Crippen LogP contribution >= 0.6 is 11.6 Å². The maximum Gasteiger partial charge on any atom is 0.231 e. The van der Waals surface area contributed by atoms with Gasteiger partial charge in [-0.1, -0.05) is 23.7 Å². The van der Waals surface area contributed by atoms with Gasteiger partial charge in [-0.3, -0.25) is 0 Å². The van der Waals surface area contributed by atoms with Crippen LogP contribution in [0.2, 0.25) is 5.02 Å². The minimum Gasteiger partial charge on any atom is -0.496 e. The molecule has 20 heavy (non-hydrogen) atoms. The van der Waals surface area contributed by atoms with Gasteiger partial charge in [0.05, 0.1) is 23.4 Å². The lowest BCUT2D eigenvalue weighted by Crippen LogP contribution is -1.93. The predicted molar refractivity (Wildman–Crippen MR) is 80.2 cm³/mol. The van der Waals surface area contributed by atoms with Crippen LogP contribution in [-0.2, 0) is 0 Å². The summed E-state index contributed by atoms with van der Waals surface area (Å²) in [6.07, 6.45) is 0. The van der Waals surface area contributed by atoms with E-state index >= 15 is 0 Å². The fourth-order valence-electron chi connectivity index (χ4n) is 2.11. The SMILES string of the molecule is COc1cc(N)c(Cl)cc1-c1nc2c(C)cccc2o1. The van der Waals surface area contributed by atoms with Crippen LogP contribution in [0.4, 0.5) is 5.69 Å². The smallest absolute Gasteiger partial charge is 0.231 e. The summed E-state index contributed by atoms with van der Waals surface area (Å²) in [6, 6.07) is 9.17. The number of anilines is 1. The number of methoxy groups -OCH3 is 1. The van der Waals surface area contributed by atoms with Crippen LogP contribution in [-0.4, -0.2) is 12.1 Å². The Morgan fingerprint density at radius 2 is 2.10 bits per heavy atom. The molecule has 0 fully saturated rings. The number of benzene rings is 2. The molecule has 1 aromatic heterocycles. The van der Waals surface area contributed by atoms with Crippen molar-refractivity contribution < 1.29 is 9.15 Å². The molecule has 2 N–H and O–H groups in total. The lowest BCUT2D eigenvalue weighted by molar-refractivity contribution is 0.415. The van der Waals surface area contributed by atoms with Crippen LogP contribution in [0.15, 0.2) is 34.7 Å². The van der Waals surface area contributed by atoms with Crippen LogP contribution in [0.1, 0.15) is 5.56 Å². The first-order chi connectivity index (χ1) is 9.60. The average Bonchev–Trinajstić information content (AvgIpc) is 2.86. The molecule has 0 aliphatic heterocycles. The average molecular weight is 289 g/mol. The first-order valence-corrected chi connectivity index (χ1v) is 6.47. The van der Waals surface area contributed by atoms with Crippen LogP contribution in [0.25, 0.3) is 22.6 Å². The van der Waals surface area contributed by atoms with Gasteiger partial charge >= 0.3 is 0 Å². The van der Waals surface area contributed by atoms with E-state index in [0.29, 0.717) is 27.9 Å². The largest absolute Gasteiger partial charge is 0.496 e. The Kier molecular flexibility index (Phi) is 3.03. The molecule has 4 nitrogen and oxygen atoms in total. The molecule has 2 aromatic carbocycles. The fraction of sp³-hybridized carbons (Fsp3) is 0.133. The number of ether oxygens (including phenoxy) is 1. The van der Waals surface area contributed by atoms with E-state index in [1.807, 2.05) is 25.1 Å². The van der Waals surface area contributed by atoms with Gasteiger partial charge in [0.1, 0.15) is 11.3 Å². The van der Waals surface area contributed by atoms with Gasteiger partial charge < -0.3 is 14.9 Å². The number of nitrogens with two attached hydrogens (primary N) is 1. The van der Waals surface area contributed by atoms with Crippen molar-refractivity contribution in [1.82, 2.24) is 4.98 Å². The zero-order valence-corrected chi connectivity index (χ0v) is 11.9. The summed E-state index contributed by atoms with van der Waals surface area (Å²) in [4.78, 5) is 4.52. The molecule has 0 aliphatic carbocycles. The molecule has 0 saturated heterocycles. The summed E-state index contributed by atoms with van der Waals surface area (Å²) in [7, 11) is 1.57. The van der Waals surface area contributed by atoms with Crippen molar-refractivity contribution in [1.29, 1.82) is 0 Å². The second-order valence-corrected chi connectivity index (χ2v) is 4.92. The normalized spacial score (nSPS) is 10.9. The van der Waals surface area contributed by atoms with E-state index < -0.39 is 0 Å².